The Morgan fingerprint density at radius 3 is 2.49 bits per heavy atom. The van der Waals surface area contributed by atoms with Gasteiger partial charge in [0.1, 0.15) is 5.75 Å². The number of carbonyl (C=O) groups excluding carboxylic acids is 1. The molecule has 4 rings (SSSR count). The number of carbonyl (C=O) groups is 1. The van der Waals surface area contributed by atoms with Gasteiger partial charge in [0.25, 0.3) is 0 Å². The van der Waals surface area contributed by atoms with E-state index in [1.807, 2.05) is 24.1 Å². The molecule has 0 heterocycles. The zero-order chi connectivity index (χ0) is 28.0. The molecule has 2 fully saturated rings. The summed E-state index contributed by atoms with van der Waals surface area (Å²) in [5, 5.41) is 21.0. The van der Waals surface area contributed by atoms with Crippen molar-refractivity contribution in [3.8, 4) is 5.75 Å². The number of fused-ring (bicyclic) bond motifs is 5. The molecular weight excluding hydrogens is 482 g/mol. The fourth-order valence-corrected chi connectivity index (χ4v) is 8.44. The van der Waals surface area contributed by atoms with E-state index < -0.39 is 0 Å². The molecule has 0 bridgehead atoms. The van der Waals surface area contributed by atoms with E-state index in [-0.39, 0.29) is 11.5 Å². The van der Waals surface area contributed by atoms with Gasteiger partial charge in [-0.05, 0) is 103 Å². The Morgan fingerprint density at radius 2 is 1.77 bits per heavy atom. The quantitative estimate of drug-likeness (QED) is 0.186. The Balaban J connectivity index is 1.21. The van der Waals surface area contributed by atoms with Crippen LogP contribution >= 0.6 is 0 Å². The second-order valence-corrected chi connectivity index (χ2v) is 13.4. The minimum absolute atomic E-state index is 0.0722. The SMILES string of the molecule is C=C1[C@H](O)C[C@H]2[C@@H]3[C@H](CCCCCCCCCCC(=O)N(C)CCCC)Cc4cc(O)ccc4[C@H]3CC[C@]12C. The molecule has 2 saturated carbocycles. The average molecular weight is 538 g/mol. The maximum atomic E-state index is 12.2. The van der Waals surface area contributed by atoms with Gasteiger partial charge in [0, 0.05) is 20.0 Å². The van der Waals surface area contributed by atoms with E-state index >= 15 is 0 Å². The molecular formula is C35H55NO3. The van der Waals surface area contributed by atoms with Crippen LogP contribution in [0.1, 0.15) is 127 Å². The summed E-state index contributed by atoms with van der Waals surface area (Å²) in [5.41, 5.74) is 3.96. The Morgan fingerprint density at radius 1 is 1.08 bits per heavy atom. The van der Waals surface area contributed by atoms with Crippen molar-refractivity contribution in [2.75, 3.05) is 13.6 Å². The number of aliphatic hydroxyl groups excluding tert-OH is 1. The number of hydrogen-bond acceptors (Lipinski definition) is 3. The Hall–Kier alpha value is -1.81. The van der Waals surface area contributed by atoms with E-state index in [1.165, 1.54) is 62.5 Å². The molecule has 0 saturated heterocycles. The summed E-state index contributed by atoms with van der Waals surface area (Å²) in [7, 11) is 1.94. The first-order valence-corrected chi connectivity index (χ1v) is 16.2. The summed E-state index contributed by atoms with van der Waals surface area (Å²) in [4.78, 5) is 14.1. The number of aliphatic hydroxyl groups is 1. The second kappa shape index (κ2) is 13.7. The molecule has 2 N–H and O–H groups in total. The minimum atomic E-state index is -0.347. The van der Waals surface area contributed by atoms with Crippen molar-refractivity contribution < 1.29 is 15.0 Å². The van der Waals surface area contributed by atoms with Crippen molar-refractivity contribution in [2.45, 2.75) is 129 Å². The summed E-state index contributed by atoms with van der Waals surface area (Å²) in [6.45, 7) is 9.79. The monoisotopic (exact) mass is 537 g/mol. The van der Waals surface area contributed by atoms with Crippen LogP contribution in [0.2, 0.25) is 0 Å². The Bertz CT molecular complexity index is 973. The summed E-state index contributed by atoms with van der Waals surface area (Å²) >= 11 is 0. The van der Waals surface area contributed by atoms with Gasteiger partial charge in [-0.1, -0.05) is 77.9 Å². The van der Waals surface area contributed by atoms with Gasteiger partial charge >= 0.3 is 0 Å². The van der Waals surface area contributed by atoms with Crippen LogP contribution in [0.25, 0.3) is 0 Å². The van der Waals surface area contributed by atoms with Crippen LogP contribution in [0.15, 0.2) is 30.4 Å². The van der Waals surface area contributed by atoms with Crippen LogP contribution in [0, 0.1) is 23.2 Å². The van der Waals surface area contributed by atoms with Crippen molar-refractivity contribution in [3.05, 3.63) is 41.5 Å². The number of rotatable bonds is 14. The molecule has 0 aromatic heterocycles. The molecule has 3 aliphatic rings. The van der Waals surface area contributed by atoms with Crippen molar-refractivity contribution >= 4 is 5.91 Å². The van der Waals surface area contributed by atoms with E-state index in [9.17, 15) is 15.0 Å². The molecule has 39 heavy (non-hydrogen) atoms. The van der Waals surface area contributed by atoms with Crippen LogP contribution in [0.5, 0.6) is 5.75 Å². The number of phenols is 1. The third-order valence-electron chi connectivity index (χ3n) is 10.9. The lowest BCUT2D eigenvalue weighted by Crippen LogP contribution is -2.44. The predicted molar refractivity (Wildman–Crippen MR) is 161 cm³/mol. The van der Waals surface area contributed by atoms with Crippen molar-refractivity contribution in [1.29, 1.82) is 0 Å². The molecule has 4 heteroatoms. The van der Waals surface area contributed by atoms with Crippen LogP contribution in [0.4, 0.5) is 0 Å². The lowest BCUT2D eigenvalue weighted by molar-refractivity contribution is -0.130. The summed E-state index contributed by atoms with van der Waals surface area (Å²) in [5.74, 6) is 3.00. The first-order valence-electron chi connectivity index (χ1n) is 16.2. The molecule has 4 nitrogen and oxygen atoms in total. The Labute approximate surface area is 238 Å². The molecule has 0 aliphatic heterocycles. The van der Waals surface area contributed by atoms with Crippen LogP contribution < -0.4 is 0 Å². The summed E-state index contributed by atoms with van der Waals surface area (Å²) in [6, 6.07) is 6.07. The van der Waals surface area contributed by atoms with Gasteiger partial charge in [0.2, 0.25) is 5.91 Å². The second-order valence-electron chi connectivity index (χ2n) is 13.4. The van der Waals surface area contributed by atoms with Gasteiger partial charge in [-0.15, -0.1) is 0 Å². The predicted octanol–water partition coefficient (Wildman–Crippen LogP) is 8.16. The highest BCUT2D eigenvalue weighted by Crippen LogP contribution is 2.64. The molecule has 218 valence electrons. The van der Waals surface area contributed by atoms with E-state index in [0.29, 0.717) is 41.7 Å². The maximum Gasteiger partial charge on any atom is 0.222 e. The summed E-state index contributed by atoms with van der Waals surface area (Å²) < 4.78 is 0. The first kappa shape index (κ1) is 30.2. The highest BCUT2D eigenvalue weighted by Gasteiger charge is 2.56. The smallest absolute Gasteiger partial charge is 0.222 e. The standard InChI is InChI=1S/C35H55NO3/c1-5-6-21-36(4)33(39)16-14-12-10-8-7-9-11-13-15-26-22-27-23-28(37)17-18-29(27)30-19-20-35(3)25(2)32(38)24-31(35)34(26)30/h17-18,23,26,30-32,34,37-38H,2,5-16,19-22,24H2,1,3-4H3/t26-,30-,31+,32-,34-,35-/m1/s1. The van der Waals surface area contributed by atoms with E-state index in [4.69, 9.17) is 0 Å². The molecule has 0 unspecified atom stereocenters. The maximum absolute atomic E-state index is 12.2. The van der Waals surface area contributed by atoms with E-state index in [1.54, 1.807) is 0 Å². The van der Waals surface area contributed by atoms with Gasteiger partial charge in [-0.3, -0.25) is 4.79 Å². The third-order valence-corrected chi connectivity index (χ3v) is 10.9. The normalized spacial score (nSPS) is 29.5. The van der Waals surface area contributed by atoms with Crippen LogP contribution in [-0.4, -0.2) is 40.7 Å². The van der Waals surface area contributed by atoms with Gasteiger partial charge in [0.15, 0.2) is 0 Å². The average Bonchev–Trinajstić information content (AvgIpc) is 3.15. The molecule has 1 amide bonds. The van der Waals surface area contributed by atoms with Crippen molar-refractivity contribution in [2.24, 2.45) is 23.2 Å². The highest BCUT2D eigenvalue weighted by molar-refractivity contribution is 5.75. The topological polar surface area (TPSA) is 60.8 Å². The number of aromatic hydroxyl groups is 1. The molecule has 3 aliphatic carbocycles. The van der Waals surface area contributed by atoms with Crippen molar-refractivity contribution in [1.82, 2.24) is 4.90 Å². The fraction of sp³-hybridized carbons (Fsp3) is 0.743. The van der Waals surface area contributed by atoms with Gasteiger partial charge in [0.05, 0.1) is 6.10 Å². The molecule has 0 spiro atoms. The number of nitrogens with zero attached hydrogens (tertiary/aromatic N) is 1. The first-order chi connectivity index (χ1) is 18.8. The number of benzene rings is 1. The Kier molecular flexibility index (Phi) is 10.6. The lowest BCUT2D eigenvalue weighted by atomic mass is 9.52. The number of hydrogen-bond donors (Lipinski definition) is 2. The van der Waals surface area contributed by atoms with Crippen LogP contribution in [0.3, 0.4) is 0 Å². The van der Waals surface area contributed by atoms with Crippen LogP contribution in [-0.2, 0) is 11.2 Å². The number of unbranched alkanes of at least 4 members (excludes halogenated alkanes) is 8. The van der Waals surface area contributed by atoms with E-state index in [0.717, 1.165) is 57.1 Å². The minimum Gasteiger partial charge on any atom is -0.508 e. The molecule has 0 radical (unpaired) electrons. The van der Waals surface area contributed by atoms with Crippen molar-refractivity contribution in [3.63, 3.8) is 0 Å². The van der Waals surface area contributed by atoms with Gasteiger partial charge in [-0.25, -0.2) is 0 Å². The zero-order valence-electron chi connectivity index (χ0n) is 25.1. The third kappa shape index (κ3) is 6.92. The fourth-order valence-electron chi connectivity index (χ4n) is 8.44. The van der Waals surface area contributed by atoms with E-state index in [2.05, 4.69) is 26.5 Å². The molecule has 1 aromatic rings. The lowest BCUT2D eigenvalue weighted by Gasteiger charge is -2.52. The highest BCUT2D eigenvalue weighted by atomic mass is 16.3. The van der Waals surface area contributed by atoms with Gasteiger partial charge < -0.3 is 15.1 Å². The molecule has 1 aromatic carbocycles. The summed E-state index contributed by atoms with van der Waals surface area (Å²) in [6.07, 6.45) is 17.9. The zero-order valence-corrected chi connectivity index (χ0v) is 25.1. The largest absolute Gasteiger partial charge is 0.508 e. The molecule has 6 atom stereocenters. The number of phenolic OH excluding ortho intramolecular Hbond substituents is 1. The van der Waals surface area contributed by atoms with Gasteiger partial charge in [-0.2, -0.15) is 0 Å². The number of amides is 1.